The quantitative estimate of drug-likeness (QED) is 0.448. The zero-order valence-corrected chi connectivity index (χ0v) is 6.45. The fourth-order valence-electron chi connectivity index (χ4n) is 0.667. The van der Waals surface area contributed by atoms with Crippen molar-refractivity contribution in [3.63, 3.8) is 0 Å². The number of allylic oxidation sites excluding steroid dienone is 1. The van der Waals surface area contributed by atoms with Crippen molar-refractivity contribution in [2.24, 2.45) is 0 Å². The monoisotopic (exact) mass is 144 g/mol. The zero-order chi connectivity index (χ0) is 7.82. The molecule has 1 atom stereocenters. The third-order valence-electron chi connectivity index (χ3n) is 1.19. The Morgan fingerprint density at radius 3 is 2.60 bits per heavy atom. The van der Waals surface area contributed by atoms with E-state index >= 15 is 0 Å². The van der Waals surface area contributed by atoms with Crippen molar-refractivity contribution in [2.75, 3.05) is 6.61 Å². The molecule has 2 N–H and O–H groups in total. The molecule has 0 heterocycles. The smallest absolute Gasteiger partial charge is 0.0692 e. The minimum absolute atomic E-state index is 0.266. The number of hydrogen-bond acceptors (Lipinski definition) is 2. The van der Waals surface area contributed by atoms with Crippen molar-refractivity contribution in [1.29, 1.82) is 0 Å². The molecule has 60 valence electrons. The number of unbranched alkanes of at least 4 members (excludes halogenated alkanes) is 2. The first-order chi connectivity index (χ1) is 4.77. The maximum atomic E-state index is 8.77. The highest BCUT2D eigenvalue weighted by Crippen LogP contribution is 1.96. The molecule has 0 saturated heterocycles. The SMILES string of the molecule is C[C@@H](O)/C=C\CCCCO. The first-order valence-corrected chi connectivity index (χ1v) is 3.73. The van der Waals surface area contributed by atoms with Gasteiger partial charge in [0.15, 0.2) is 0 Å². The van der Waals surface area contributed by atoms with Gasteiger partial charge in [-0.05, 0) is 26.2 Å². The van der Waals surface area contributed by atoms with E-state index in [4.69, 9.17) is 10.2 Å². The Morgan fingerprint density at radius 2 is 2.10 bits per heavy atom. The van der Waals surface area contributed by atoms with Crippen molar-refractivity contribution < 1.29 is 10.2 Å². The molecule has 2 nitrogen and oxygen atoms in total. The molecule has 0 radical (unpaired) electrons. The fourth-order valence-corrected chi connectivity index (χ4v) is 0.667. The van der Waals surface area contributed by atoms with E-state index in [9.17, 15) is 0 Å². The van der Waals surface area contributed by atoms with Crippen molar-refractivity contribution >= 4 is 0 Å². The third-order valence-corrected chi connectivity index (χ3v) is 1.19. The van der Waals surface area contributed by atoms with Crippen LogP contribution in [-0.2, 0) is 0 Å². The van der Waals surface area contributed by atoms with Gasteiger partial charge < -0.3 is 10.2 Å². The molecule has 0 saturated carbocycles. The summed E-state index contributed by atoms with van der Waals surface area (Å²) in [6.07, 6.45) is 6.17. The molecule has 0 aliphatic carbocycles. The number of aliphatic hydroxyl groups is 2. The van der Waals surface area contributed by atoms with E-state index in [1.165, 1.54) is 0 Å². The molecule has 0 aliphatic rings. The van der Waals surface area contributed by atoms with E-state index in [1.54, 1.807) is 13.0 Å². The maximum Gasteiger partial charge on any atom is 0.0692 e. The topological polar surface area (TPSA) is 40.5 Å². The van der Waals surface area contributed by atoms with Crippen LogP contribution in [0, 0.1) is 0 Å². The molecule has 0 amide bonds. The Balaban J connectivity index is 3.02. The van der Waals surface area contributed by atoms with Crippen LogP contribution in [0.15, 0.2) is 12.2 Å². The van der Waals surface area contributed by atoms with Crippen molar-refractivity contribution in [1.82, 2.24) is 0 Å². The lowest BCUT2D eigenvalue weighted by atomic mass is 10.2. The standard InChI is InChI=1S/C8H16O2/c1-8(10)6-4-2-3-5-7-9/h4,6,8-10H,2-3,5,7H2,1H3/b6-4-/t8-/m1/s1. The lowest BCUT2D eigenvalue weighted by molar-refractivity contribution is 0.243. The van der Waals surface area contributed by atoms with Crippen molar-refractivity contribution in [3.05, 3.63) is 12.2 Å². The summed E-state index contributed by atoms with van der Waals surface area (Å²) in [4.78, 5) is 0. The highest BCUT2D eigenvalue weighted by molar-refractivity contribution is 4.85. The van der Waals surface area contributed by atoms with Crippen LogP contribution in [0.3, 0.4) is 0 Å². The second-order valence-electron chi connectivity index (χ2n) is 2.39. The van der Waals surface area contributed by atoms with E-state index in [1.807, 2.05) is 6.08 Å². The van der Waals surface area contributed by atoms with Crippen LogP contribution in [0.1, 0.15) is 26.2 Å². The van der Waals surface area contributed by atoms with Crippen LogP contribution in [0.2, 0.25) is 0 Å². The van der Waals surface area contributed by atoms with Crippen molar-refractivity contribution in [2.45, 2.75) is 32.3 Å². The Bertz CT molecular complexity index is 87.3. The molecule has 0 fully saturated rings. The van der Waals surface area contributed by atoms with Gasteiger partial charge in [0.05, 0.1) is 6.10 Å². The largest absolute Gasteiger partial charge is 0.396 e. The van der Waals surface area contributed by atoms with E-state index in [0.29, 0.717) is 0 Å². The molecule has 0 bridgehead atoms. The van der Waals surface area contributed by atoms with E-state index < -0.39 is 0 Å². The second-order valence-corrected chi connectivity index (χ2v) is 2.39. The first-order valence-electron chi connectivity index (χ1n) is 3.73. The molecule has 0 rings (SSSR count). The van der Waals surface area contributed by atoms with Gasteiger partial charge in [0.2, 0.25) is 0 Å². The summed E-state index contributed by atoms with van der Waals surface area (Å²) in [5.41, 5.74) is 0. The maximum absolute atomic E-state index is 8.77. The summed E-state index contributed by atoms with van der Waals surface area (Å²) in [5.74, 6) is 0. The highest BCUT2D eigenvalue weighted by atomic mass is 16.3. The molecule has 0 aliphatic heterocycles. The molecule has 0 aromatic heterocycles. The van der Waals surface area contributed by atoms with Crippen LogP contribution < -0.4 is 0 Å². The number of aliphatic hydroxyl groups excluding tert-OH is 2. The summed E-state index contributed by atoms with van der Waals surface area (Å²) in [7, 11) is 0. The minimum Gasteiger partial charge on any atom is -0.396 e. The van der Waals surface area contributed by atoms with E-state index in [2.05, 4.69) is 0 Å². The average molecular weight is 144 g/mol. The second kappa shape index (κ2) is 6.78. The summed E-state index contributed by atoms with van der Waals surface area (Å²) in [6.45, 7) is 1.99. The molecule has 0 aromatic rings. The van der Waals surface area contributed by atoms with Gasteiger partial charge in [-0.15, -0.1) is 0 Å². The normalized spacial score (nSPS) is 14.3. The fraction of sp³-hybridized carbons (Fsp3) is 0.750. The Labute approximate surface area is 62.2 Å². The molecule has 0 spiro atoms. The number of rotatable bonds is 5. The zero-order valence-electron chi connectivity index (χ0n) is 6.45. The lowest BCUT2D eigenvalue weighted by Crippen LogP contribution is -1.91. The summed E-state index contributed by atoms with van der Waals surface area (Å²) >= 11 is 0. The summed E-state index contributed by atoms with van der Waals surface area (Å²) < 4.78 is 0. The molecule has 10 heavy (non-hydrogen) atoms. The first kappa shape index (κ1) is 9.66. The predicted molar refractivity (Wildman–Crippen MR) is 41.8 cm³/mol. The molecule has 0 aromatic carbocycles. The van der Waals surface area contributed by atoms with E-state index in [-0.39, 0.29) is 12.7 Å². The summed E-state index contributed by atoms with van der Waals surface area (Å²) in [5, 5.41) is 17.2. The van der Waals surface area contributed by atoms with Gasteiger partial charge in [-0.25, -0.2) is 0 Å². The highest BCUT2D eigenvalue weighted by Gasteiger charge is 1.85. The van der Waals surface area contributed by atoms with Crippen LogP contribution in [0.25, 0.3) is 0 Å². The molecule has 0 unspecified atom stereocenters. The van der Waals surface area contributed by atoms with Gasteiger partial charge in [-0.2, -0.15) is 0 Å². The molecular weight excluding hydrogens is 128 g/mol. The number of hydrogen-bond donors (Lipinski definition) is 2. The van der Waals surface area contributed by atoms with Crippen LogP contribution in [0.4, 0.5) is 0 Å². The van der Waals surface area contributed by atoms with Gasteiger partial charge in [-0.1, -0.05) is 12.2 Å². The van der Waals surface area contributed by atoms with Gasteiger partial charge in [0.1, 0.15) is 0 Å². The molecule has 2 heteroatoms. The lowest BCUT2D eigenvalue weighted by Gasteiger charge is -1.93. The minimum atomic E-state index is -0.339. The van der Waals surface area contributed by atoms with Gasteiger partial charge >= 0.3 is 0 Å². The van der Waals surface area contributed by atoms with Crippen LogP contribution >= 0.6 is 0 Å². The Hall–Kier alpha value is -0.340. The van der Waals surface area contributed by atoms with Crippen molar-refractivity contribution in [3.8, 4) is 0 Å². The van der Waals surface area contributed by atoms with E-state index in [0.717, 1.165) is 19.3 Å². The summed E-state index contributed by atoms with van der Waals surface area (Å²) in [6, 6.07) is 0. The van der Waals surface area contributed by atoms with Gasteiger partial charge in [0.25, 0.3) is 0 Å². The Kier molecular flexibility index (Phi) is 6.55. The predicted octanol–water partition coefficient (Wildman–Crippen LogP) is 1.09. The average Bonchev–Trinajstić information content (AvgIpc) is 1.87. The molecular formula is C8H16O2. The third kappa shape index (κ3) is 7.66. The van der Waals surface area contributed by atoms with Crippen LogP contribution in [-0.4, -0.2) is 22.9 Å². The van der Waals surface area contributed by atoms with Gasteiger partial charge in [-0.3, -0.25) is 0 Å². The van der Waals surface area contributed by atoms with Gasteiger partial charge in [0, 0.05) is 6.61 Å². The Morgan fingerprint density at radius 1 is 1.40 bits per heavy atom. The van der Waals surface area contributed by atoms with Crippen LogP contribution in [0.5, 0.6) is 0 Å².